The standard InChI is InChI=1S/C25H32FN3O4S/c1-19-8-9-22(17-23(19)26)34(31,32)28-21-7-5-6-20(16-21)24(30)27-18-25(10-3-2-4-11-25)29-12-14-33-15-13-29/h5-9,16-17,28H,2-4,10-15,18H2,1H3,(H,27,30). The van der Waals surface area contributed by atoms with Gasteiger partial charge in [0.15, 0.2) is 0 Å². The highest BCUT2D eigenvalue weighted by Crippen LogP contribution is 2.34. The summed E-state index contributed by atoms with van der Waals surface area (Å²) in [5.41, 5.74) is 0.912. The molecule has 4 rings (SSSR count). The lowest BCUT2D eigenvalue weighted by atomic mass is 9.79. The number of carbonyl (C=O) groups excluding carboxylic acids is 1. The van der Waals surface area contributed by atoms with E-state index in [1.165, 1.54) is 24.6 Å². The largest absolute Gasteiger partial charge is 0.379 e. The van der Waals surface area contributed by atoms with Crippen molar-refractivity contribution in [2.75, 3.05) is 37.6 Å². The van der Waals surface area contributed by atoms with Crippen molar-refractivity contribution in [2.45, 2.75) is 49.5 Å². The van der Waals surface area contributed by atoms with Gasteiger partial charge in [-0.3, -0.25) is 14.4 Å². The molecular weight excluding hydrogens is 457 g/mol. The first-order chi connectivity index (χ1) is 16.3. The molecular formula is C25H32FN3O4S. The highest BCUT2D eigenvalue weighted by Gasteiger charge is 2.38. The third-order valence-corrected chi connectivity index (χ3v) is 8.25. The van der Waals surface area contributed by atoms with E-state index in [9.17, 15) is 17.6 Å². The molecule has 34 heavy (non-hydrogen) atoms. The van der Waals surface area contributed by atoms with E-state index in [1.54, 1.807) is 25.1 Å². The highest BCUT2D eigenvalue weighted by atomic mass is 32.2. The number of morpholine rings is 1. The van der Waals surface area contributed by atoms with Gasteiger partial charge in [-0.1, -0.05) is 31.4 Å². The summed E-state index contributed by atoms with van der Waals surface area (Å²) in [7, 11) is -3.99. The number of nitrogens with one attached hydrogen (secondary N) is 2. The van der Waals surface area contributed by atoms with E-state index in [4.69, 9.17) is 4.74 Å². The molecule has 1 aliphatic carbocycles. The van der Waals surface area contributed by atoms with Crippen molar-refractivity contribution in [2.24, 2.45) is 0 Å². The summed E-state index contributed by atoms with van der Waals surface area (Å²) in [6.07, 6.45) is 5.59. The number of aryl methyl sites for hydroxylation is 1. The van der Waals surface area contributed by atoms with E-state index >= 15 is 0 Å². The predicted octanol–water partition coefficient (Wildman–Crippen LogP) is 3.70. The van der Waals surface area contributed by atoms with Crippen LogP contribution < -0.4 is 10.0 Å². The molecule has 1 saturated carbocycles. The molecule has 9 heteroatoms. The molecule has 2 aromatic carbocycles. The van der Waals surface area contributed by atoms with E-state index in [-0.39, 0.29) is 22.0 Å². The molecule has 0 aromatic heterocycles. The zero-order valence-corrected chi connectivity index (χ0v) is 20.3. The molecule has 184 valence electrons. The van der Waals surface area contributed by atoms with Crippen LogP contribution in [-0.4, -0.2) is 57.6 Å². The number of nitrogens with zero attached hydrogens (tertiary/aromatic N) is 1. The number of hydrogen-bond donors (Lipinski definition) is 2. The number of sulfonamides is 1. The quantitative estimate of drug-likeness (QED) is 0.619. The maximum Gasteiger partial charge on any atom is 0.261 e. The zero-order chi connectivity index (χ0) is 24.2. The smallest absolute Gasteiger partial charge is 0.261 e. The van der Waals surface area contributed by atoms with E-state index in [1.807, 2.05) is 0 Å². The number of hydrogen-bond acceptors (Lipinski definition) is 5. The number of amides is 1. The second kappa shape index (κ2) is 10.4. The van der Waals surface area contributed by atoms with E-state index in [2.05, 4.69) is 14.9 Å². The van der Waals surface area contributed by atoms with E-state index in [0.717, 1.165) is 44.8 Å². The molecule has 1 aliphatic heterocycles. The number of halogens is 1. The maximum atomic E-state index is 13.9. The van der Waals surface area contributed by atoms with Crippen molar-refractivity contribution >= 4 is 21.6 Å². The van der Waals surface area contributed by atoms with Crippen molar-refractivity contribution in [1.29, 1.82) is 0 Å². The first-order valence-corrected chi connectivity index (χ1v) is 13.3. The normalized spacial score (nSPS) is 18.9. The molecule has 0 atom stereocenters. The van der Waals surface area contributed by atoms with Crippen LogP contribution in [0.2, 0.25) is 0 Å². The Kier molecular flexibility index (Phi) is 7.54. The Balaban J connectivity index is 1.45. The van der Waals surface area contributed by atoms with Crippen molar-refractivity contribution in [3.8, 4) is 0 Å². The van der Waals surface area contributed by atoms with Gasteiger partial charge in [-0.05, 0) is 55.7 Å². The van der Waals surface area contributed by atoms with E-state index < -0.39 is 15.8 Å². The first kappa shape index (κ1) is 24.6. The Morgan fingerprint density at radius 2 is 1.82 bits per heavy atom. The predicted molar refractivity (Wildman–Crippen MR) is 129 cm³/mol. The van der Waals surface area contributed by atoms with Crippen LogP contribution in [0.1, 0.15) is 48.0 Å². The van der Waals surface area contributed by atoms with Crippen LogP contribution in [-0.2, 0) is 14.8 Å². The van der Waals surface area contributed by atoms with Gasteiger partial charge >= 0.3 is 0 Å². The minimum atomic E-state index is -3.99. The first-order valence-electron chi connectivity index (χ1n) is 11.8. The summed E-state index contributed by atoms with van der Waals surface area (Å²) in [6.45, 7) is 5.27. The molecule has 2 N–H and O–H groups in total. The summed E-state index contributed by atoms with van der Waals surface area (Å²) in [4.78, 5) is 15.3. The average Bonchev–Trinajstić information content (AvgIpc) is 2.85. The van der Waals surface area contributed by atoms with Gasteiger partial charge in [0.05, 0.1) is 18.1 Å². The lowest BCUT2D eigenvalue weighted by molar-refractivity contribution is -0.0361. The molecule has 0 unspecified atom stereocenters. The van der Waals surface area contributed by atoms with Gasteiger partial charge in [0, 0.05) is 36.4 Å². The van der Waals surface area contributed by atoms with Gasteiger partial charge in [0.25, 0.3) is 15.9 Å². The van der Waals surface area contributed by atoms with Crippen LogP contribution >= 0.6 is 0 Å². The fourth-order valence-electron chi connectivity index (χ4n) is 4.88. The maximum absolute atomic E-state index is 13.9. The van der Waals surface area contributed by atoms with Gasteiger partial charge in [-0.15, -0.1) is 0 Å². The Bertz CT molecular complexity index is 1130. The summed E-state index contributed by atoms with van der Waals surface area (Å²) in [6, 6.07) is 10.1. The van der Waals surface area contributed by atoms with Gasteiger partial charge in [0.1, 0.15) is 5.82 Å². The number of carbonyl (C=O) groups is 1. The van der Waals surface area contributed by atoms with Gasteiger partial charge < -0.3 is 10.1 Å². The average molecular weight is 490 g/mol. The zero-order valence-electron chi connectivity index (χ0n) is 19.5. The molecule has 1 amide bonds. The number of benzene rings is 2. The number of ether oxygens (including phenoxy) is 1. The molecule has 7 nitrogen and oxygen atoms in total. The molecule has 1 heterocycles. The molecule has 2 aliphatic rings. The SMILES string of the molecule is Cc1ccc(S(=O)(=O)Nc2cccc(C(=O)NCC3(N4CCOCC4)CCCCC3)c2)cc1F. The third-order valence-electron chi connectivity index (χ3n) is 6.87. The third kappa shape index (κ3) is 5.59. The minimum Gasteiger partial charge on any atom is -0.379 e. The Labute approximate surface area is 200 Å². The van der Waals surface area contributed by atoms with E-state index in [0.29, 0.717) is 30.9 Å². The summed E-state index contributed by atoms with van der Waals surface area (Å²) < 4.78 is 47.2. The van der Waals surface area contributed by atoms with Gasteiger partial charge in [-0.25, -0.2) is 12.8 Å². The fourth-order valence-corrected chi connectivity index (χ4v) is 5.94. The van der Waals surface area contributed by atoms with Crippen LogP contribution in [0.3, 0.4) is 0 Å². The molecule has 2 aromatic rings. The van der Waals surface area contributed by atoms with Gasteiger partial charge in [-0.2, -0.15) is 0 Å². The Hall–Kier alpha value is -2.49. The Morgan fingerprint density at radius 1 is 1.09 bits per heavy atom. The summed E-state index contributed by atoms with van der Waals surface area (Å²) in [5.74, 6) is -0.839. The van der Waals surface area contributed by atoms with Crippen molar-refractivity contribution in [3.63, 3.8) is 0 Å². The van der Waals surface area contributed by atoms with Crippen molar-refractivity contribution in [1.82, 2.24) is 10.2 Å². The van der Waals surface area contributed by atoms with Crippen molar-refractivity contribution < 1.29 is 22.3 Å². The Morgan fingerprint density at radius 3 is 2.53 bits per heavy atom. The number of anilines is 1. The topological polar surface area (TPSA) is 87.7 Å². The lowest BCUT2D eigenvalue weighted by Gasteiger charge is -2.48. The monoisotopic (exact) mass is 489 g/mol. The fraction of sp³-hybridized carbons (Fsp3) is 0.480. The van der Waals surface area contributed by atoms with Gasteiger partial charge in [0.2, 0.25) is 0 Å². The summed E-state index contributed by atoms with van der Waals surface area (Å²) in [5, 5.41) is 3.09. The van der Waals surface area contributed by atoms with Crippen LogP contribution in [0.25, 0.3) is 0 Å². The molecule has 0 radical (unpaired) electrons. The van der Waals surface area contributed by atoms with Crippen LogP contribution in [0.5, 0.6) is 0 Å². The second-order valence-corrected chi connectivity index (χ2v) is 10.8. The molecule has 2 fully saturated rings. The lowest BCUT2D eigenvalue weighted by Crippen LogP contribution is -2.59. The minimum absolute atomic E-state index is 0.0631. The van der Waals surface area contributed by atoms with Crippen LogP contribution in [0, 0.1) is 12.7 Å². The molecule has 1 saturated heterocycles. The molecule has 0 bridgehead atoms. The molecule has 0 spiro atoms. The second-order valence-electron chi connectivity index (χ2n) is 9.16. The van der Waals surface area contributed by atoms with Crippen LogP contribution in [0.15, 0.2) is 47.4 Å². The van der Waals surface area contributed by atoms with Crippen LogP contribution in [0.4, 0.5) is 10.1 Å². The highest BCUT2D eigenvalue weighted by molar-refractivity contribution is 7.92. The van der Waals surface area contributed by atoms with Crippen molar-refractivity contribution in [3.05, 3.63) is 59.4 Å². The number of rotatable bonds is 7. The summed E-state index contributed by atoms with van der Waals surface area (Å²) >= 11 is 0.